The van der Waals surface area contributed by atoms with Gasteiger partial charge in [-0.2, -0.15) is 0 Å². The van der Waals surface area contributed by atoms with Crippen LogP contribution >= 0.6 is 0 Å². The number of ether oxygens (including phenoxy) is 2. The van der Waals surface area contributed by atoms with Crippen LogP contribution in [0.3, 0.4) is 0 Å². The number of amides is 1. The lowest BCUT2D eigenvalue weighted by Gasteiger charge is -2.34. The molecule has 1 heterocycles. The number of ketones is 1. The van der Waals surface area contributed by atoms with Crippen molar-refractivity contribution in [2.75, 3.05) is 20.3 Å². The number of benzene rings is 2. The van der Waals surface area contributed by atoms with Crippen LogP contribution in [0.25, 0.3) is 0 Å². The summed E-state index contributed by atoms with van der Waals surface area (Å²) in [5.74, 6) is -2.05. The number of methoxy groups -OCH3 is 1. The van der Waals surface area contributed by atoms with Crippen molar-refractivity contribution in [3.05, 3.63) is 65.5 Å². The molecule has 0 aromatic heterocycles. The summed E-state index contributed by atoms with van der Waals surface area (Å²) in [5, 5.41) is 0. The van der Waals surface area contributed by atoms with Crippen LogP contribution in [0.5, 0.6) is 5.75 Å². The van der Waals surface area contributed by atoms with E-state index in [1.165, 1.54) is 24.1 Å². The number of hydrogen-bond acceptors (Lipinski definition) is 5. The van der Waals surface area contributed by atoms with Crippen molar-refractivity contribution in [3.8, 4) is 5.75 Å². The molecule has 1 aliphatic rings. The first kappa shape index (κ1) is 20.5. The highest BCUT2D eigenvalue weighted by atomic mass is 19.1. The standard InChI is InChI=1S/C22H22FNO5/c1-28-20-11-10-16(13-17(20)23)19(25)14-29-22(27)18-9-5-6-12-24(18)21(26)15-7-3-2-4-8-15/h2-4,7-8,10-11,13,18H,5-6,9,12,14H2,1H3. The van der Waals surface area contributed by atoms with Crippen LogP contribution in [0.15, 0.2) is 48.5 Å². The lowest BCUT2D eigenvalue weighted by Crippen LogP contribution is -2.48. The van der Waals surface area contributed by atoms with E-state index in [0.29, 0.717) is 18.5 Å². The van der Waals surface area contributed by atoms with Crippen LogP contribution in [0, 0.1) is 5.82 Å². The predicted molar refractivity (Wildman–Crippen MR) is 103 cm³/mol. The molecular weight excluding hydrogens is 377 g/mol. The number of esters is 1. The quantitative estimate of drug-likeness (QED) is 0.551. The van der Waals surface area contributed by atoms with Gasteiger partial charge in [0.25, 0.3) is 5.91 Å². The zero-order valence-electron chi connectivity index (χ0n) is 16.1. The third-order valence-corrected chi connectivity index (χ3v) is 4.88. The van der Waals surface area contributed by atoms with Gasteiger partial charge in [-0.05, 0) is 49.6 Å². The second-order valence-electron chi connectivity index (χ2n) is 6.76. The van der Waals surface area contributed by atoms with Gasteiger partial charge in [0.1, 0.15) is 6.04 Å². The number of carbonyl (C=O) groups is 3. The van der Waals surface area contributed by atoms with E-state index in [-0.39, 0.29) is 17.2 Å². The van der Waals surface area contributed by atoms with Gasteiger partial charge in [-0.3, -0.25) is 9.59 Å². The van der Waals surface area contributed by atoms with Crippen molar-refractivity contribution in [2.45, 2.75) is 25.3 Å². The fourth-order valence-electron chi connectivity index (χ4n) is 3.32. The van der Waals surface area contributed by atoms with Gasteiger partial charge in [0.05, 0.1) is 7.11 Å². The molecule has 0 radical (unpaired) electrons. The number of piperidine rings is 1. The number of nitrogens with zero attached hydrogens (tertiary/aromatic N) is 1. The van der Waals surface area contributed by atoms with Crippen LogP contribution < -0.4 is 4.74 Å². The highest BCUT2D eigenvalue weighted by Crippen LogP contribution is 2.22. The maximum atomic E-state index is 13.8. The Bertz CT molecular complexity index is 899. The van der Waals surface area contributed by atoms with Gasteiger partial charge in [-0.1, -0.05) is 18.2 Å². The summed E-state index contributed by atoms with van der Waals surface area (Å²) < 4.78 is 23.8. The first-order chi connectivity index (χ1) is 14.0. The topological polar surface area (TPSA) is 72.9 Å². The van der Waals surface area contributed by atoms with Crippen molar-refractivity contribution in [3.63, 3.8) is 0 Å². The average molecular weight is 399 g/mol. The largest absolute Gasteiger partial charge is 0.494 e. The first-order valence-electron chi connectivity index (χ1n) is 9.40. The van der Waals surface area contributed by atoms with E-state index in [1.807, 2.05) is 6.07 Å². The van der Waals surface area contributed by atoms with Gasteiger partial charge in [0, 0.05) is 17.7 Å². The SMILES string of the molecule is COc1ccc(C(=O)COC(=O)C2CCCCN2C(=O)c2ccccc2)cc1F. The van der Waals surface area contributed by atoms with E-state index in [1.54, 1.807) is 24.3 Å². The van der Waals surface area contributed by atoms with Crippen molar-refractivity contribution >= 4 is 17.7 Å². The summed E-state index contributed by atoms with van der Waals surface area (Å²) in [6.07, 6.45) is 2.06. The molecule has 1 atom stereocenters. The summed E-state index contributed by atoms with van der Waals surface area (Å²) in [4.78, 5) is 39.1. The molecule has 0 saturated carbocycles. The molecule has 2 aromatic rings. The van der Waals surface area contributed by atoms with E-state index in [4.69, 9.17) is 9.47 Å². The maximum Gasteiger partial charge on any atom is 0.329 e. The summed E-state index contributed by atoms with van der Waals surface area (Å²) in [6.45, 7) is -0.0698. The zero-order chi connectivity index (χ0) is 20.8. The Labute approximate surface area is 168 Å². The van der Waals surface area contributed by atoms with Gasteiger partial charge in [0.15, 0.2) is 24.0 Å². The van der Waals surface area contributed by atoms with E-state index in [0.717, 1.165) is 18.9 Å². The number of hydrogen-bond donors (Lipinski definition) is 0. The Morgan fingerprint density at radius 3 is 2.52 bits per heavy atom. The van der Waals surface area contributed by atoms with Crippen molar-refractivity contribution in [1.29, 1.82) is 0 Å². The van der Waals surface area contributed by atoms with Crippen LogP contribution in [-0.4, -0.2) is 48.9 Å². The van der Waals surface area contributed by atoms with E-state index in [2.05, 4.69) is 0 Å². The van der Waals surface area contributed by atoms with Crippen LogP contribution in [-0.2, 0) is 9.53 Å². The molecule has 1 unspecified atom stereocenters. The summed E-state index contributed by atoms with van der Waals surface area (Å²) in [7, 11) is 1.33. The van der Waals surface area contributed by atoms with Gasteiger partial charge in [-0.25, -0.2) is 9.18 Å². The molecule has 1 fully saturated rings. The van der Waals surface area contributed by atoms with Crippen LogP contribution in [0.2, 0.25) is 0 Å². The van der Waals surface area contributed by atoms with Crippen molar-refractivity contribution < 1.29 is 28.2 Å². The van der Waals surface area contributed by atoms with E-state index >= 15 is 0 Å². The Kier molecular flexibility index (Phi) is 6.59. The molecular formula is C22H22FNO5. The predicted octanol–water partition coefficient (Wildman–Crippen LogP) is 3.26. The lowest BCUT2D eigenvalue weighted by molar-refractivity contribution is -0.149. The second kappa shape index (κ2) is 9.32. The lowest BCUT2D eigenvalue weighted by atomic mass is 10.0. The van der Waals surface area contributed by atoms with Gasteiger partial charge >= 0.3 is 5.97 Å². The minimum atomic E-state index is -0.739. The minimum absolute atomic E-state index is 0.0239. The molecule has 0 bridgehead atoms. The zero-order valence-corrected chi connectivity index (χ0v) is 16.1. The number of halogens is 1. The fourth-order valence-corrected chi connectivity index (χ4v) is 3.32. The minimum Gasteiger partial charge on any atom is -0.494 e. The highest BCUT2D eigenvalue weighted by Gasteiger charge is 2.34. The summed E-state index contributed by atoms with van der Waals surface area (Å²) >= 11 is 0. The normalized spacial score (nSPS) is 16.2. The molecule has 1 aliphatic heterocycles. The molecule has 152 valence electrons. The third-order valence-electron chi connectivity index (χ3n) is 4.88. The Balaban J connectivity index is 1.64. The summed E-state index contributed by atoms with van der Waals surface area (Å²) in [5.41, 5.74) is 0.578. The van der Waals surface area contributed by atoms with Crippen molar-refractivity contribution in [2.24, 2.45) is 0 Å². The first-order valence-corrected chi connectivity index (χ1v) is 9.40. The van der Waals surface area contributed by atoms with Crippen molar-refractivity contribution in [1.82, 2.24) is 4.90 Å². The Morgan fingerprint density at radius 2 is 1.83 bits per heavy atom. The number of likely N-dealkylation sites (tertiary alicyclic amines) is 1. The number of Topliss-reactive ketones (excluding diaryl/α,β-unsaturated/α-hetero) is 1. The molecule has 3 rings (SSSR count). The Morgan fingerprint density at radius 1 is 1.07 bits per heavy atom. The average Bonchev–Trinajstić information content (AvgIpc) is 2.77. The van der Waals surface area contributed by atoms with Gasteiger partial charge < -0.3 is 14.4 Å². The van der Waals surface area contributed by atoms with Crippen LogP contribution in [0.1, 0.15) is 40.0 Å². The molecule has 29 heavy (non-hydrogen) atoms. The summed E-state index contributed by atoms with van der Waals surface area (Å²) in [6, 6.07) is 11.8. The molecule has 7 heteroatoms. The molecule has 2 aromatic carbocycles. The molecule has 0 N–H and O–H groups in total. The highest BCUT2D eigenvalue weighted by molar-refractivity contribution is 5.99. The van der Waals surface area contributed by atoms with Gasteiger partial charge in [-0.15, -0.1) is 0 Å². The molecule has 1 saturated heterocycles. The third kappa shape index (κ3) is 4.80. The van der Waals surface area contributed by atoms with E-state index < -0.39 is 30.2 Å². The number of rotatable bonds is 6. The maximum absolute atomic E-state index is 13.8. The molecule has 0 aliphatic carbocycles. The smallest absolute Gasteiger partial charge is 0.329 e. The van der Waals surface area contributed by atoms with E-state index in [9.17, 15) is 18.8 Å². The second-order valence-corrected chi connectivity index (χ2v) is 6.76. The van der Waals surface area contributed by atoms with Crippen LogP contribution in [0.4, 0.5) is 4.39 Å². The fraction of sp³-hybridized carbons (Fsp3) is 0.318. The monoisotopic (exact) mass is 399 g/mol. The number of carbonyl (C=O) groups excluding carboxylic acids is 3. The molecule has 1 amide bonds. The Hall–Kier alpha value is -3.22. The van der Waals surface area contributed by atoms with Gasteiger partial charge in [0.2, 0.25) is 0 Å². The molecule has 6 nitrogen and oxygen atoms in total. The molecule has 0 spiro atoms.